The lowest BCUT2D eigenvalue weighted by Gasteiger charge is -2.25. The van der Waals surface area contributed by atoms with Crippen molar-refractivity contribution < 1.29 is 23.2 Å². The zero-order valence-electron chi connectivity index (χ0n) is 11.7. The van der Waals surface area contributed by atoms with Crippen LogP contribution in [0.25, 0.3) is 0 Å². The van der Waals surface area contributed by atoms with Crippen LogP contribution in [0.15, 0.2) is 10.3 Å². The van der Waals surface area contributed by atoms with Gasteiger partial charge in [-0.05, 0) is 20.3 Å². The van der Waals surface area contributed by atoms with Crippen LogP contribution < -0.4 is 5.32 Å². The summed E-state index contributed by atoms with van der Waals surface area (Å²) in [5.41, 5.74) is -1.05. The van der Waals surface area contributed by atoms with E-state index >= 15 is 0 Å². The third kappa shape index (κ3) is 4.97. The van der Waals surface area contributed by atoms with Gasteiger partial charge in [0, 0.05) is 24.3 Å². The molecule has 1 rings (SSSR count). The monoisotopic (exact) mass is 336 g/mol. The van der Waals surface area contributed by atoms with Crippen molar-refractivity contribution in [1.82, 2.24) is 0 Å². The average molecular weight is 336 g/mol. The second-order valence-corrected chi connectivity index (χ2v) is 8.51. The Bertz CT molecular complexity index is 662. The van der Waals surface area contributed by atoms with E-state index in [0.29, 0.717) is 0 Å². The molecular formula is C11H16N2O6S2. The third-order valence-corrected chi connectivity index (χ3v) is 5.51. The molecule has 0 aliphatic heterocycles. The molecule has 0 aromatic carbocycles. The van der Waals surface area contributed by atoms with Gasteiger partial charge in [-0.3, -0.25) is 14.9 Å². The first-order valence-corrected chi connectivity index (χ1v) is 8.61. The van der Waals surface area contributed by atoms with Gasteiger partial charge in [0.05, 0.1) is 4.92 Å². The second-order valence-electron chi connectivity index (χ2n) is 5.21. The fraction of sp³-hybridized carbons (Fsp3) is 0.545. The van der Waals surface area contributed by atoms with Gasteiger partial charge >= 0.3 is 11.7 Å². The Morgan fingerprint density at radius 2 is 2.10 bits per heavy atom. The van der Waals surface area contributed by atoms with Gasteiger partial charge in [0.15, 0.2) is 14.8 Å². The van der Waals surface area contributed by atoms with Crippen LogP contribution in [0.5, 0.6) is 0 Å². The zero-order valence-corrected chi connectivity index (χ0v) is 13.4. The Labute approximate surface area is 125 Å². The van der Waals surface area contributed by atoms with E-state index in [4.69, 9.17) is 5.11 Å². The van der Waals surface area contributed by atoms with Gasteiger partial charge in [0.1, 0.15) is 4.21 Å². The van der Waals surface area contributed by atoms with Gasteiger partial charge in [-0.25, -0.2) is 8.42 Å². The summed E-state index contributed by atoms with van der Waals surface area (Å²) in [6.45, 7) is 3.39. The predicted molar refractivity (Wildman–Crippen MR) is 78.7 cm³/mol. The summed E-state index contributed by atoms with van der Waals surface area (Å²) in [5, 5.41) is 22.7. The minimum Gasteiger partial charge on any atom is -0.481 e. The molecule has 0 aliphatic rings. The summed E-state index contributed by atoms with van der Waals surface area (Å²) in [5.74, 6) is -0.970. The first-order chi connectivity index (χ1) is 9.42. The SMILES string of the molecule is CC(C)(CCC(=O)O)Nc1sc(S(C)(=O)=O)cc1[N+](=O)[O-]. The van der Waals surface area contributed by atoms with E-state index in [2.05, 4.69) is 5.32 Å². The number of aliphatic carboxylic acids is 1. The van der Waals surface area contributed by atoms with Crippen LogP contribution in [-0.2, 0) is 14.6 Å². The van der Waals surface area contributed by atoms with Crippen molar-refractivity contribution in [3.63, 3.8) is 0 Å². The van der Waals surface area contributed by atoms with E-state index in [0.717, 1.165) is 23.7 Å². The summed E-state index contributed by atoms with van der Waals surface area (Å²) in [6, 6.07) is 1.01. The number of nitrogens with one attached hydrogen (secondary N) is 1. The number of carboxylic acid groups (broad SMARTS) is 1. The molecule has 0 atom stereocenters. The Kier molecular flexibility index (Phi) is 4.95. The lowest BCUT2D eigenvalue weighted by Crippen LogP contribution is -2.31. The molecule has 0 amide bonds. The molecule has 1 aromatic heterocycles. The van der Waals surface area contributed by atoms with Gasteiger partial charge in [0.2, 0.25) is 0 Å². The Hall–Kier alpha value is -1.68. The van der Waals surface area contributed by atoms with Crippen LogP contribution in [0.3, 0.4) is 0 Å². The van der Waals surface area contributed by atoms with Crippen molar-refractivity contribution in [3.05, 3.63) is 16.2 Å². The molecule has 0 spiro atoms. The Morgan fingerprint density at radius 3 is 2.52 bits per heavy atom. The third-order valence-electron chi connectivity index (χ3n) is 2.67. The molecule has 0 radical (unpaired) electrons. The molecule has 0 bridgehead atoms. The molecule has 1 aromatic rings. The van der Waals surface area contributed by atoms with Crippen molar-refractivity contribution >= 4 is 37.8 Å². The number of thiophene rings is 1. The molecule has 10 heteroatoms. The van der Waals surface area contributed by atoms with E-state index in [1.807, 2.05) is 0 Å². The Morgan fingerprint density at radius 1 is 1.52 bits per heavy atom. The van der Waals surface area contributed by atoms with Gasteiger partial charge in [0.25, 0.3) is 0 Å². The average Bonchev–Trinajstić information content (AvgIpc) is 2.69. The maximum absolute atomic E-state index is 11.5. The smallest absolute Gasteiger partial charge is 0.304 e. The van der Waals surface area contributed by atoms with Crippen LogP contribution in [0.1, 0.15) is 26.7 Å². The largest absolute Gasteiger partial charge is 0.481 e. The molecule has 0 fully saturated rings. The number of carboxylic acids is 1. The lowest BCUT2D eigenvalue weighted by molar-refractivity contribution is -0.383. The highest BCUT2D eigenvalue weighted by Crippen LogP contribution is 2.39. The maximum Gasteiger partial charge on any atom is 0.304 e. The quantitative estimate of drug-likeness (QED) is 0.576. The highest BCUT2D eigenvalue weighted by Gasteiger charge is 2.28. The normalized spacial score (nSPS) is 12.1. The number of carbonyl (C=O) groups is 1. The van der Waals surface area contributed by atoms with E-state index in [9.17, 15) is 23.3 Å². The summed E-state index contributed by atoms with van der Waals surface area (Å²) >= 11 is 0.768. The van der Waals surface area contributed by atoms with Crippen LogP contribution in [0, 0.1) is 10.1 Å². The molecule has 0 saturated heterocycles. The molecule has 1 heterocycles. The van der Waals surface area contributed by atoms with E-state index < -0.39 is 26.3 Å². The standard InChI is InChI=1S/C11H16N2O6S2/c1-11(2,5-4-8(14)15)12-10-7(13(16)17)6-9(20-10)21(3,18)19/h6,12H,4-5H2,1-3H3,(H,14,15). The highest BCUT2D eigenvalue weighted by atomic mass is 32.2. The lowest BCUT2D eigenvalue weighted by atomic mass is 9.98. The predicted octanol–water partition coefficient (Wildman–Crippen LogP) is 2.12. The number of nitro groups is 1. The molecule has 0 saturated carbocycles. The number of rotatable bonds is 7. The topological polar surface area (TPSA) is 127 Å². The van der Waals surface area contributed by atoms with E-state index in [-0.39, 0.29) is 27.7 Å². The van der Waals surface area contributed by atoms with Crippen molar-refractivity contribution in [2.45, 2.75) is 36.4 Å². The van der Waals surface area contributed by atoms with Crippen LogP contribution in [0.2, 0.25) is 0 Å². The van der Waals surface area contributed by atoms with Crippen molar-refractivity contribution in [3.8, 4) is 0 Å². The molecular weight excluding hydrogens is 320 g/mol. The van der Waals surface area contributed by atoms with Crippen LogP contribution >= 0.6 is 11.3 Å². The number of hydrogen-bond acceptors (Lipinski definition) is 7. The number of hydrogen-bond donors (Lipinski definition) is 2. The van der Waals surface area contributed by atoms with E-state index in [1.165, 1.54) is 0 Å². The zero-order chi connectivity index (χ0) is 16.4. The van der Waals surface area contributed by atoms with Crippen molar-refractivity contribution in [2.75, 3.05) is 11.6 Å². The first-order valence-electron chi connectivity index (χ1n) is 5.90. The molecule has 21 heavy (non-hydrogen) atoms. The molecule has 118 valence electrons. The maximum atomic E-state index is 11.5. The minimum atomic E-state index is -3.54. The van der Waals surface area contributed by atoms with Gasteiger partial charge in [-0.15, -0.1) is 0 Å². The summed E-state index contributed by atoms with van der Waals surface area (Å²) in [4.78, 5) is 20.9. The van der Waals surface area contributed by atoms with Crippen molar-refractivity contribution in [1.29, 1.82) is 0 Å². The molecule has 8 nitrogen and oxygen atoms in total. The summed E-state index contributed by atoms with van der Waals surface area (Å²) in [7, 11) is -3.54. The summed E-state index contributed by atoms with van der Waals surface area (Å²) < 4.78 is 22.9. The fourth-order valence-corrected chi connectivity index (χ4v) is 3.67. The molecule has 0 aliphatic carbocycles. The second kappa shape index (κ2) is 5.98. The first kappa shape index (κ1) is 17.4. The Balaban J connectivity index is 3.09. The van der Waals surface area contributed by atoms with Crippen LogP contribution in [0.4, 0.5) is 10.7 Å². The van der Waals surface area contributed by atoms with Gasteiger partial charge in [-0.1, -0.05) is 11.3 Å². The van der Waals surface area contributed by atoms with Gasteiger partial charge in [-0.2, -0.15) is 0 Å². The van der Waals surface area contributed by atoms with E-state index in [1.54, 1.807) is 13.8 Å². The van der Waals surface area contributed by atoms with Gasteiger partial charge < -0.3 is 10.4 Å². The fourth-order valence-electron chi connectivity index (χ4n) is 1.56. The number of anilines is 1. The minimum absolute atomic E-state index is 0.0991. The number of sulfone groups is 1. The molecule has 2 N–H and O–H groups in total. The van der Waals surface area contributed by atoms with Crippen LogP contribution in [-0.4, -0.2) is 36.2 Å². The highest BCUT2D eigenvalue weighted by molar-refractivity contribution is 7.92. The summed E-state index contributed by atoms with van der Waals surface area (Å²) in [6.07, 6.45) is 1.12. The molecule has 0 unspecified atom stereocenters. The van der Waals surface area contributed by atoms with Crippen molar-refractivity contribution in [2.24, 2.45) is 0 Å². The number of nitrogens with zero attached hydrogens (tertiary/aromatic N) is 1.